The van der Waals surface area contributed by atoms with Crippen molar-refractivity contribution in [1.29, 1.82) is 0 Å². The second-order valence-corrected chi connectivity index (χ2v) is 5.65. The van der Waals surface area contributed by atoms with Crippen LogP contribution in [0.5, 0.6) is 0 Å². The highest BCUT2D eigenvalue weighted by Crippen LogP contribution is 2.41. The van der Waals surface area contributed by atoms with Crippen LogP contribution in [-0.4, -0.2) is 37.2 Å². The monoisotopic (exact) mass is 211 g/mol. The normalized spacial score (nSPS) is 33.4. The smallest absolute Gasteiger partial charge is 0.0710 e. The Morgan fingerprint density at radius 2 is 2.07 bits per heavy atom. The quantitative estimate of drug-likeness (QED) is 0.696. The van der Waals surface area contributed by atoms with E-state index in [1.165, 1.54) is 38.8 Å². The molecule has 2 aliphatic rings. The van der Waals surface area contributed by atoms with Crippen LogP contribution in [0.1, 0.15) is 39.5 Å². The maximum absolute atomic E-state index is 6.14. The van der Waals surface area contributed by atoms with Gasteiger partial charge in [-0.25, -0.2) is 0 Å². The fraction of sp³-hybridized carbons (Fsp3) is 1.00. The maximum Gasteiger partial charge on any atom is 0.0710 e. The van der Waals surface area contributed by atoms with Crippen molar-refractivity contribution in [2.45, 2.75) is 45.1 Å². The summed E-state index contributed by atoms with van der Waals surface area (Å²) >= 11 is 0. The van der Waals surface area contributed by atoms with E-state index in [9.17, 15) is 0 Å². The molecule has 2 rings (SSSR count). The van der Waals surface area contributed by atoms with E-state index in [0.717, 1.165) is 18.4 Å². The lowest BCUT2D eigenvalue weighted by atomic mass is 9.81. The van der Waals surface area contributed by atoms with Gasteiger partial charge in [0.1, 0.15) is 0 Å². The first-order valence-electron chi connectivity index (χ1n) is 6.48. The summed E-state index contributed by atoms with van der Waals surface area (Å²) in [6, 6.07) is 0. The summed E-state index contributed by atoms with van der Waals surface area (Å²) in [5.74, 6) is 1.66. The SMILES string of the molecule is CCC(C)C1COC2(CCN(C)CC2)C1. The number of piperidine rings is 1. The van der Waals surface area contributed by atoms with Crippen LogP contribution in [0.3, 0.4) is 0 Å². The van der Waals surface area contributed by atoms with Crippen molar-refractivity contribution in [3.05, 3.63) is 0 Å². The number of ether oxygens (including phenoxy) is 1. The van der Waals surface area contributed by atoms with Crippen molar-refractivity contribution in [3.63, 3.8) is 0 Å². The Morgan fingerprint density at radius 3 is 2.67 bits per heavy atom. The van der Waals surface area contributed by atoms with Crippen LogP contribution >= 0.6 is 0 Å². The van der Waals surface area contributed by atoms with Crippen molar-refractivity contribution in [1.82, 2.24) is 4.90 Å². The lowest BCUT2D eigenvalue weighted by Crippen LogP contribution is -2.42. The third kappa shape index (κ3) is 2.36. The molecule has 0 amide bonds. The van der Waals surface area contributed by atoms with Gasteiger partial charge in [-0.3, -0.25) is 0 Å². The zero-order valence-electron chi connectivity index (χ0n) is 10.5. The van der Waals surface area contributed by atoms with E-state index in [4.69, 9.17) is 4.74 Å². The van der Waals surface area contributed by atoms with E-state index >= 15 is 0 Å². The number of rotatable bonds is 2. The molecule has 88 valence electrons. The van der Waals surface area contributed by atoms with Crippen LogP contribution < -0.4 is 0 Å². The largest absolute Gasteiger partial charge is 0.375 e. The van der Waals surface area contributed by atoms with E-state index in [1.807, 2.05) is 0 Å². The van der Waals surface area contributed by atoms with E-state index in [-0.39, 0.29) is 5.60 Å². The van der Waals surface area contributed by atoms with Gasteiger partial charge in [0.15, 0.2) is 0 Å². The Labute approximate surface area is 94.0 Å². The molecule has 2 saturated heterocycles. The van der Waals surface area contributed by atoms with Gasteiger partial charge in [-0.1, -0.05) is 20.3 Å². The highest BCUT2D eigenvalue weighted by atomic mass is 16.5. The van der Waals surface area contributed by atoms with Crippen LogP contribution in [0.25, 0.3) is 0 Å². The molecule has 15 heavy (non-hydrogen) atoms. The van der Waals surface area contributed by atoms with E-state index in [0.29, 0.717) is 0 Å². The highest BCUT2D eigenvalue weighted by Gasteiger charge is 2.43. The molecule has 0 aliphatic carbocycles. The third-order valence-corrected chi connectivity index (χ3v) is 4.58. The molecule has 0 N–H and O–H groups in total. The Hall–Kier alpha value is -0.0800. The molecule has 2 unspecified atom stereocenters. The average Bonchev–Trinajstić information content (AvgIpc) is 2.66. The molecule has 2 atom stereocenters. The molecule has 2 aliphatic heterocycles. The van der Waals surface area contributed by atoms with Gasteiger partial charge in [-0.15, -0.1) is 0 Å². The molecule has 0 bridgehead atoms. The van der Waals surface area contributed by atoms with E-state index < -0.39 is 0 Å². The summed E-state index contributed by atoms with van der Waals surface area (Å²) in [6.45, 7) is 8.12. The second-order valence-electron chi connectivity index (χ2n) is 5.65. The first-order chi connectivity index (χ1) is 7.15. The van der Waals surface area contributed by atoms with Gasteiger partial charge < -0.3 is 9.64 Å². The van der Waals surface area contributed by atoms with Crippen molar-refractivity contribution in [3.8, 4) is 0 Å². The zero-order valence-corrected chi connectivity index (χ0v) is 10.5. The van der Waals surface area contributed by atoms with Gasteiger partial charge in [0.2, 0.25) is 0 Å². The summed E-state index contributed by atoms with van der Waals surface area (Å²) in [5, 5.41) is 0. The van der Waals surface area contributed by atoms with Crippen LogP contribution in [0, 0.1) is 11.8 Å². The second kappa shape index (κ2) is 4.42. The molecule has 0 saturated carbocycles. The molecule has 2 fully saturated rings. The van der Waals surface area contributed by atoms with E-state index in [1.54, 1.807) is 0 Å². The van der Waals surface area contributed by atoms with Crippen LogP contribution in [0.4, 0.5) is 0 Å². The van der Waals surface area contributed by atoms with Gasteiger partial charge in [-0.2, -0.15) is 0 Å². The minimum absolute atomic E-state index is 0.264. The maximum atomic E-state index is 6.14. The summed E-state index contributed by atoms with van der Waals surface area (Å²) < 4.78 is 6.14. The molecule has 0 radical (unpaired) electrons. The minimum Gasteiger partial charge on any atom is -0.375 e. The standard InChI is InChI=1S/C13H25NO/c1-4-11(2)12-9-13(15-10-12)5-7-14(3)8-6-13/h11-12H,4-10H2,1-3H3. The fourth-order valence-corrected chi connectivity index (χ4v) is 2.95. The van der Waals surface area contributed by atoms with Crippen LogP contribution in [0.15, 0.2) is 0 Å². The summed E-state index contributed by atoms with van der Waals surface area (Å²) in [4.78, 5) is 2.42. The van der Waals surface area contributed by atoms with Crippen LogP contribution in [0.2, 0.25) is 0 Å². The van der Waals surface area contributed by atoms with Gasteiger partial charge in [0, 0.05) is 13.1 Å². The van der Waals surface area contributed by atoms with Gasteiger partial charge in [0.05, 0.1) is 12.2 Å². The molecule has 1 spiro atoms. The summed E-state index contributed by atoms with van der Waals surface area (Å²) in [6.07, 6.45) is 5.10. The topological polar surface area (TPSA) is 12.5 Å². The average molecular weight is 211 g/mol. The molecular weight excluding hydrogens is 186 g/mol. The lowest BCUT2D eigenvalue weighted by Gasteiger charge is -2.37. The van der Waals surface area contributed by atoms with Gasteiger partial charge >= 0.3 is 0 Å². The number of nitrogens with zero attached hydrogens (tertiary/aromatic N) is 1. The molecule has 2 nitrogen and oxygen atoms in total. The van der Waals surface area contributed by atoms with Crippen molar-refractivity contribution in [2.24, 2.45) is 11.8 Å². The van der Waals surface area contributed by atoms with Crippen molar-refractivity contribution >= 4 is 0 Å². The Morgan fingerprint density at radius 1 is 1.40 bits per heavy atom. The molecule has 2 heterocycles. The predicted molar refractivity (Wildman–Crippen MR) is 63.0 cm³/mol. The van der Waals surface area contributed by atoms with Crippen LogP contribution in [-0.2, 0) is 4.74 Å². The number of hydrogen-bond donors (Lipinski definition) is 0. The zero-order chi connectivity index (χ0) is 10.9. The van der Waals surface area contributed by atoms with E-state index in [2.05, 4.69) is 25.8 Å². The molecular formula is C13H25NO. The Kier molecular flexibility index (Phi) is 3.36. The Balaban J connectivity index is 1.91. The van der Waals surface area contributed by atoms with Crippen molar-refractivity contribution < 1.29 is 4.74 Å². The molecule has 0 aromatic rings. The fourth-order valence-electron chi connectivity index (χ4n) is 2.95. The number of likely N-dealkylation sites (tertiary alicyclic amines) is 1. The molecule has 0 aromatic carbocycles. The number of hydrogen-bond acceptors (Lipinski definition) is 2. The van der Waals surface area contributed by atoms with Gasteiger partial charge in [-0.05, 0) is 38.1 Å². The third-order valence-electron chi connectivity index (χ3n) is 4.58. The molecule has 2 heteroatoms. The Bertz CT molecular complexity index is 209. The highest BCUT2D eigenvalue weighted by molar-refractivity contribution is 4.94. The first kappa shape index (κ1) is 11.4. The first-order valence-corrected chi connectivity index (χ1v) is 6.48. The summed E-state index contributed by atoms with van der Waals surface area (Å²) in [5.41, 5.74) is 0.264. The summed E-state index contributed by atoms with van der Waals surface area (Å²) in [7, 11) is 2.22. The van der Waals surface area contributed by atoms with Gasteiger partial charge in [0.25, 0.3) is 0 Å². The molecule has 0 aromatic heterocycles. The minimum atomic E-state index is 0.264. The predicted octanol–water partition coefficient (Wildman–Crippen LogP) is 2.53. The van der Waals surface area contributed by atoms with Crippen molar-refractivity contribution in [2.75, 3.05) is 26.7 Å². The lowest BCUT2D eigenvalue weighted by molar-refractivity contribution is -0.0396.